The van der Waals surface area contributed by atoms with Crippen molar-refractivity contribution in [1.29, 1.82) is 0 Å². The van der Waals surface area contributed by atoms with E-state index in [4.69, 9.17) is 0 Å². The van der Waals surface area contributed by atoms with Gasteiger partial charge in [0.2, 0.25) is 5.91 Å². The molecule has 3 rings (SSSR count). The molecule has 0 radical (unpaired) electrons. The van der Waals surface area contributed by atoms with Gasteiger partial charge in [0.15, 0.2) is 0 Å². The predicted molar refractivity (Wildman–Crippen MR) is 112 cm³/mol. The summed E-state index contributed by atoms with van der Waals surface area (Å²) in [6.45, 7) is 5.50. The van der Waals surface area contributed by atoms with Gasteiger partial charge in [-0.05, 0) is 51.3 Å². The van der Waals surface area contributed by atoms with E-state index >= 15 is 0 Å². The third kappa shape index (κ3) is 3.87. The molecule has 28 heavy (non-hydrogen) atoms. The molecule has 0 fully saturated rings. The quantitative estimate of drug-likeness (QED) is 0.669. The van der Waals surface area contributed by atoms with Gasteiger partial charge in [-0.15, -0.1) is 11.8 Å². The number of hydrogen-bond acceptors (Lipinski definition) is 5. The highest BCUT2D eigenvalue weighted by molar-refractivity contribution is 7.98. The summed E-state index contributed by atoms with van der Waals surface area (Å²) in [7, 11) is 1.86. The van der Waals surface area contributed by atoms with Crippen molar-refractivity contribution in [1.82, 2.24) is 19.6 Å². The first-order chi connectivity index (χ1) is 13.3. The molecule has 3 aromatic rings. The Morgan fingerprint density at radius 1 is 1.18 bits per heavy atom. The Hall–Kier alpha value is -2.87. The summed E-state index contributed by atoms with van der Waals surface area (Å²) in [5.74, 6) is -0.301. The maximum Gasteiger partial charge on any atom is 0.267 e. The molecule has 8 heteroatoms. The first kappa shape index (κ1) is 19.9. The number of benzene rings is 1. The van der Waals surface area contributed by atoms with Gasteiger partial charge in [0.1, 0.15) is 6.04 Å². The lowest BCUT2D eigenvalue weighted by molar-refractivity contribution is -0.119. The van der Waals surface area contributed by atoms with E-state index in [0.29, 0.717) is 11.4 Å². The van der Waals surface area contributed by atoms with E-state index in [1.165, 1.54) is 10.7 Å². The van der Waals surface area contributed by atoms with Crippen LogP contribution in [0.4, 0.5) is 5.69 Å². The number of nitrogens with one attached hydrogen (secondary N) is 1. The SMILES string of the molecule is CSc1cccc(NC(=O)[C@H](C)n2nc(-c3c(C)nn(C)c3C)ccc2=O)c1. The molecule has 1 aromatic carbocycles. The van der Waals surface area contributed by atoms with Crippen molar-refractivity contribution < 1.29 is 4.79 Å². The highest BCUT2D eigenvalue weighted by Gasteiger charge is 2.20. The molecule has 2 aromatic heterocycles. The van der Waals surface area contributed by atoms with Crippen LogP contribution in [0.1, 0.15) is 24.4 Å². The number of carbonyl (C=O) groups is 1. The Balaban J connectivity index is 1.92. The molecule has 1 N–H and O–H groups in total. The molecule has 0 aliphatic carbocycles. The minimum atomic E-state index is -0.761. The van der Waals surface area contributed by atoms with Crippen molar-refractivity contribution in [3.63, 3.8) is 0 Å². The average Bonchev–Trinajstić information content (AvgIpc) is 2.93. The van der Waals surface area contributed by atoms with Gasteiger partial charge >= 0.3 is 0 Å². The fraction of sp³-hybridized carbons (Fsp3) is 0.300. The number of rotatable bonds is 5. The van der Waals surface area contributed by atoms with Gasteiger partial charge in [-0.1, -0.05) is 6.07 Å². The first-order valence-corrected chi connectivity index (χ1v) is 10.1. The Morgan fingerprint density at radius 3 is 2.57 bits per heavy atom. The van der Waals surface area contributed by atoms with Crippen LogP contribution in [0.15, 0.2) is 46.1 Å². The molecular formula is C20H23N5O2S. The van der Waals surface area contributed by atoms with Gasteiger partial charge in [0.05, 0.1) is 11.4 Å². The van der Waals surface area contributed by atoms with E-state index in [9.17, 15) is 9.59 Å². The molecular weight excluding hydrogens is 374 g/mol. The molecule has 0 spiro atoms. The van der Waals surface area contributed by atoms with Gasteiger partial charge in [0.25, 0.3) is 5.56 Å². The van der Waals surface area contributed by atoms with E-state index in [2.05, 4.69) is 15.5 Å². The van der Waals surface area contributed by atoms with Crippen LogP contribution in [0.2, 0.25) is 0 Å². The van der Waals surface area contributed by atoms with Crippen LogP contribution in [0, 0.1) is 13.8 Å². The standard InChI is InChI=1S/C20H23N5O2S/c1-12-19(13(2)24(4)22-12)17-9-10-18(26)25(23-17)14(3)20(27)21-15-7-6-8-16(11-15)28-5/h6-11,14H,1-5H3,(H,21,27)/t14-/m0/s1. The topological polar surface area (TPSA) is 81.8 Å². The van der Waals surface area contributed by atoms with Gasteiger partial charge in [-0.3, -0.25) is 14.3 Å². The van der Waals surface area contributed by atoms with Gasteiger partial charge in [0, 0.05) is 35.0 Å². The van der Waals surface area contributed by atoms with Crippen molar-refractivity contribution in [2.24, 2.45) is 7.05 Å². The largest absolute Gasteiger partial charge is 0.324 e. The van der Waals surface area contributed by atoms with Crippen LogP contribution < -0.4 is 10.9 Å². The van der Waals surface area contributed by atoms with Crippen molar-refractivity contribution >= 4 is 23.4 Å². The zero-order valence-corrected chi connectivity index (χ0v) is 17.4. The van der Waals surface area contributed by atoms with Crippen LogP contribution in [0.25, 0.3) is 11.3 Å². The van der Waals surface area contributed by atoms with Crippen molar-refractivity contribution in [3.05, 3.63) is 58.1 Å². The summed E-state index contributed by atoms with van der Waals surface area (Å²) in [6.07, 6.45) is 1.97. The molecule has 1 amide bonds. The zero-order chi connectivity index (χ0) is 20.4. The minimum absolute atomic E-state index is 0.301. The average molecular weight is 398 g/mol. The van der Waals surface area contributed by atoms with Crippen LogP contribution in [-0.4, -0.2) is 31.7 Å². The predicted octanol–water partition coefficient (Wildman–Crippen LogP) is 3.18. The number of aromatic nitrogens is 4. The van der Waals surface area contributed by atoms with E-state index in [1.807, 2.05) is 51.4 Å². The normalized spacial score (nSPS) is 12.0. The summed E-state index contributed by atoms with van der Waals surface area (Å²) < 4.78 is 2.99. The number of carbonyl (C=O) groups excluding carboxylic acids is 1. The number of aryl methyl sites for hydroxylation is 2. The van der Waals surface area contributed by atoms with Crippen molar-refractivity contribution in [2.75, 3.05) is 11.6 Å². The molecule has 1 atom stereocenters. The van der Waals surface area contributed by atoms with Gasteiger partial charge in [-0.2, -0.15) is 10.2 Å². The Morgan fingerprint density at radius 2 is 1.93 bits per heavy atom. The molecule has 7 nitrogen and oxygen atoms in total. The Labute approximate surface area is 167 Å². The lowest BCUT2D eigenvalue weighted by Gasteiger charge is -2.15. The van der Waals surface area contributed by atoms with Crippen molar-refractivity contribution in [2.45, 2.75) is 31.7 Å². The minimum Gasteiger partial charge on any atom is -0.324 e. The Bertz CT molecular complexity index is 1090. The first-order valence-electron chi connectivity index (χ1n) is 8.87. The molecule has 0 saturated heterocycles. The summed E-state index contributed by atoms with van der Waals surface area (Å²) in [5.41, 5.74) is 3.61. The monoisotopic (exact) mass is 397 g/mol. The molecule has 0 aliphatic rings. The number of thioether (sulfide) groups is 1. The maximum atomic E-state index is 12.7. The highest BCUT2D eigenvalue weighted by atomic mass is 32.2. The zero-order valence-electron chi connectivity index (χ0n) is 16.6. The second-order valence-electron chi connectivity index (χ2n) is 6.57. The van der Waals surface area contributed by atoms with Crippen LogP contribution in [-0.2, 0) is 11.8 Å². The lowest BCUT2D eigenvalue weighted by atomic mass is 10.1. The van der Waals surface area contributed by atoms with E-state index < -0.39 is 6.04 Å². The molecule has 0 unspecified atom stereocenters. The van der Waals surface area contributed by atoms with Gasteiger partial charge < -0.3 is 5.32 Å². The number of nitrogens with zero attached hydrogens (tertiary/aromatic N) is 4. The third-order valence-corrected chi connectivity index (χ3v) is 5.40. The van der Waals surface area contributed by atoms with E-state index in [1.54, 1.807) is 29.4 Å². The summed E-state index contributed by atoms with van der Waals surface area (Å²) in [4.78, 5) is 26.1. The fourth-order valence-corrected chi connectivity index (χ4v) is 3.50. The molecule has 0 aliphatic heterocycles. The molecule has 146 valence electrons. The lowest BCUT2D eigenvalue weighted by Crippen LogP contribution is -2.33. The second-order valence-corrected chi connectivity index (χ2v) is 7.45. The Kier molecular flexibility index (Phi) is 5.69. The maximum absolute atomic E-state index is 12.7. The van der Waals surface area contributed by atoms with E-state index in [-0.39, 0.29) is 11.5 Å². The van der Waals surface area contributed by atoms with Crippen molar-refractivity contribution in [3.8, 4) is 11.3 Å². The highest BCUT2D eigenvalue weighted by Crippen LogP contribution is 2.24. The fourth-order valence-electron chi connectivity index (χ4n) is 3.04. The number of hydrogen-bond donors (Lipinski definition) is 1. The summed E-state index contributed by atoms with van der Waals surface area (Å²) >= 11 is 1.59. The smallest absolute Gasteiger partial charge is 0.267 e. The van der Waals surface area contributed by atoms with Gasteiger partial charge in [-0.25, -0.2) is 4.68 Å². The molecule has 2 heterocycles. The molecule has 0 bridgehead atoms. The van der Waals surface area contributed by atoms with Crippen LogP contribution >= 0.6 is 11.8 Å². The van der Waals surface area contributed by atoms with E-state index in [0.717, 1.165) is 21.8 Å². The number of amides is 1. The summed E-state index contributed by atoms with van der Waals surface area (Å²) in [5, 5.41) is 11.7. The van der Waals surface area contributed by atoms with Crippen LogP contribution in [0.3, 0.4) is 0 Å². The second kappa shape index (κ2) is 8.02. The number of anilines is 1. The summed E-state index contributed by atoms with van der Waals surface area (Å²) in [6, 6.07) is 9.91. The molecule has 0 saturated carbocycles. The van der Waals surface area contributed by atoms with Crippen LogP contribution in [0.5, 0.6) is 0 Å². The third-order valence-electron chi connectivity index (χ3n) is 4.67.